The van der Waals surface area contributed by atoms with E-state index in [1.54, 1.807) is 11.3 Å². The van der Waals surface area contributed by atoms with Gasteiger partial charge in [0.2, 0.25) is 0 Å². The van der Waals surface area contributed by atoms with Crippen LogP contribution in [0, 0.1) is 13.8 Å². The van der Waals surface area contributed by atoms with Crippen molar-refractivity contribution in [3.8, 4) is 0 Å². The molecule has 0 unspecified atom stereocenters. The summed E-state index contributed by atoms with van der Waals surface area (Å²) in [6.45, 7) is 5.99. The largest absolute Gasteiger partial charge is 0.307 e. The molecule has 0 radical (unpaired) electrons. The van der Waals surface area contributed by atoms with Crippen LogP contribution in [-0.2, 0) is 13.1 Å². The minimum atomic E-state index is 0.903. The van der Waals surface area contributed by atoms with Crippen molar-refractivity contribution in [1.82, 2.24) is 10.3 Å². The fourth-order valence-corrected chi connectivity index (χ4v) is 3.74. The van der Waals surface area contributed by atoms with Crippen molar-refractivity contribution < 1.29 is 0 Å². The monoisotopic (exact) mass is 316 g/mol. The predicted molar refractivity (Wildman–Crippen MR) is 74.2 cm³/mol. The zero-order chi connectivity index (χ0) is 11.5. The van der Waals surface area contributed by atoms with Crippen molar-refractivity contribution in [2.75, 3.05) is 0 Å². The van der Waals surface area contributed by atoms with Gasteiger partial charge in [0.1, 0.15) is 0 Å². The number of thiophene rings is 1. The molecule has 0 amide bonds. The summed E-state index contributed by atoms with van der Waals surface area (Å²) in [5.41, 5.74) is 0. The zero-order valence-electron chi connectivity index (χ0n) is 9.21. The predicted octanol–water partition coefficient (Wildman–Crippen LogP) is 3.87. The molecule has 0 saturated carbocycles. The highest BCUT2D eigenvalue weighted by Gasteiger charge is 2.03. The maximum Gasteiger partial charge on any atom is 0.0897 e. The van der Waals surface area contributed by atoms with Gasteiger partial charge in [0.25, 0.3) is 0 Å². The molecule has 0 spiro atoms. The second-order valence-corrected chi connectivity index (χ2v) is 7.08. The van der Waals surface area contributed by atoms with E-state index in [9.17, 15) is 0 Å². The fourth-order valence-electron chi connectivity index (χ4n) is 1.40. The molecule has 1 N–H and O–H groups in total. The molecule has 2 nitrogen and oxygen atoms in total. The topological polar surface area (TPSA) is 24.9 Å². The van der Waals surface area contributed by atoms with Crippen LogP contribution in [0.15, 0.2) is 16.7 Å². The molecule has 0 aliphatic rings. The molecule has 0 atom stereocenters. The van der Waals surface area contributed by atoms with Gasteiger partial charge < -0.3 is 5.32 Å². The third-order valence-electron chi connectivity index (χ3n) is 2.18. The molecular weight excluding hydrogens is 304 g/mol. The van der Waals surface area contributed by atoms with E-state index in [0.29, 0.717) is 0 Å². The van der Waals surface area contributed by atoms with Crippen molar-refractivity contribution in [2.24, 2.45) is 0 Å². The Kier molecular flexibility index (Phi) is 4.13. The van der Waals surface area contributed by atoms with Crippen molar-refractivity contribution in [2.45, 2.75) is 26.9 Å². The van der Waals surface area contributed by atoms with Gasteiger partial charge in [0, 0.05) is 38.4 Å². The Morgan fingerprint density at radius 2 is 2.00 bits per heavy atom. The van der Waals surface area contributed by atoms with Crippen LogP contribution < -0.4 is 5.32 Å². The standard InChI is InChI=1S/C11H13BrN2S2/c1-7-11(12)3-9(15-7)4-13-5-10-6-14-8(2)16-10/h3,6,13H,4-5H2,1-2H3. The number of rotatable bonds is 4. The third kappa shape index (κ3) is 3.13. The summed E-state index contributed by atoms with van der Waals surface area (Å²) in [5, 5.41) is 4.56. The molecule has 2 rings (SSSR count). The van der Waals surface area contributed by atoms with E-state index in [-0.39, 0.29) is 0 Å². The van der Waals surface area contributed by atoms with Gasteiger partial charge in [-0.05, 0) is 35.8 Å². The zero-order valence-corrected chi connectivity index (χ0v) is 12.4. The lowest BCUT2D eigenvalue weighted by Crippen LogP contribution is -2.10. The maximum atomic E-state index is 4.23. The molecule has 5 heteroatoms. The van der Waals surface area contributed by atoms with E-state index in [4.69, 9.17) is 0 Å². The van der Waals surface area contributed by atoms with Gasteiger partial charge in [0.05, 0.1) is 5.01 Å². The highest BCUT2D eigenvalue weighted by Crippen LogP contribution is 2.26. The first-order chi connectivity index (χ1) is 7.65. The van der Waals surface area contributed by atoms with Crippen LogP contribution in [0.25, 0.3) is 0 Å². The van der Waals surface area contributed by atoms with E-state index < -0.39 is 0 Å². The number of aryl methyl sites for hydroxylation is 2. The maximum absolute atomic E-state index is 4.23. The van der Waals surface area contributed by atoms with Crippen LogP contribution >= 0.6 is 38.6 Å². The summed E-state index contributed by atoms with van der Waals surface area (Å²) in [6, 6.07) is 2.19. The Labute approximate surface area is 112 Å². The third-order valence-corrected chi connectivity index (χ3v) is 5.23. The summed E-state index contributed by atoms with van der Waals surface area (Å²) >= 11 is 7.12. The molecule has 2 aromatic rings. The number of nitrogens with one attached hydrogen (secondary N) is 1. The fraction of sp³-hybridized carbons (Fsp3) is 0.364. The van der Waals surface area contributed by atoms with Crippen molar-refractivity contribution in [1.29, 1.82) is 0 Å². The van der Waals surface area contributed by atoms with Crippen molar-refractivity contribution in [3.05, 3.63) is 36.4 Å². The van der Waals surface area contributed by atoms with Crippen LogP contribution in [0.4, 0.5) is 0 Å². The molecule has 0 aromatic carbocycles. The van der Waals surface area contributed by atoms with Crippen LogP contribution in [0.3, 0.4) is 0 Å². The lowest BCUT2D eigenvalue weighted by atomic mass is 10.4. The summed E-state index contributed by atoms with van der Waals surface area (Å²) in [5.74, 6) is 0. The minimum absolute atomic E-state index is 0.903. The van der Waals surface area contributed by atoms with Gasteiger partial charge in [0.15, 0.2) is 0 Å². The number of nitrogens with zero attached hydrogens (tertiary/aromatic N) is 1. The molecule has 86 valence electrons. The van der Waals surface area contributed by atoms with Crippen LogP contribution in [0.5, 0.6) is 0 Å². The Balaban J connectivity index is 1.84. The van der Waals surface area contributed by atoms with Gasteiger partial charge in [-0.1, -0.05) is 0 Å². The molecule has 0 saturated heterocycles. The van der Waals surface area contributed by atoms with Crippen molar-refractivity contribution >= 4 is 38.6 Å². The van der Waals surface area contributed by atoms with Gasteiger partial charge in [-0.2, -0.15) is 0 Å². The van der Waals surface area contributed by atoms with Crippen LogP contribution in [-0.4, -0.2) is 4.98 Å². The van der Waals surface area contributed by atoms with Gasteiger partial charge in [-0.15, -0.1) is 22.7 Å². The lowest BCUT2D eigenvalue weighted by Gasteiger charge is -1.99. The van der Waals surface area contributed by atoms with Gasteiger partial charge in [-0.25, -0.2) is 4.98 Å². The average Bonchev–Trinajstić information content (AvgIpc) is 2.75. The highest BCUT2D eigenvalue weighted by atomic mass is 79.9. The smallest absolute Gasteiger partial charge is 0.0897 e. The molecule has 16 heavy (non-hydrogen) atoms. The summed E-state index contributed by atoms with van der Waals surface area (Å²) in [7, 11) is 0. The number of hydrogen-bond donors (Lipinski definition) is 1. The molecule has 0 aliphatic heterocycles. The number of thiazole rings is 1. The Bertz CT molecular complexity index is 457. The van der Waals surface area contributed by atoms with Gasteiger partial charge in [-0.3, -0.25) is 0 Å². The molecule has 2 heterocycles. The number of aromatic nitrogens is 1. The SMILES string of the molecule is Cc1ncc(CNCc2cc(Br)c(C)s2)s1. The average molecular weight is 317 g/mol. The number of halogens is 1. The first-order valence-corrected chi connectivity index (χ1v) is 7.44. The minimum Gasteiger partial charge on any atom is -0.307 e. The lowest BCUT2D eigenvalue weighted by molar-refractivity contribution is 0.708. The first-order valence-electron chi connectivity index (χ1n) is 5.02. The Morgan fingerprint density at radius 1 is 1.25 bits per heavy atom. The normalized spacial score (nSPS) is 10.9. The summed E-state index contributed by atoms with van der Waals surface area (Å²) < 4.78 is 1.21. The quantitative estimate of drug-likeness (QED) is 0.926. The van der Waals surface area contributed by atoms with Crippen molar-refractivity contribution in [3.63, 3.8) is 0 Å². The molecular formula is C11H13BrN2S2. The van der Waals surface area contributed by atoms with E-state index in [2.05, 4.69) is 39.2 Å². The highest BCUT2D eigenvalue weighted by molar-refractivity contribution is 9.10. The molecule has 0 bridgehead atoms. The summed E-state index contributed by atoms with van der Waals surface area (Å²) in [6.07, 6.45) is 1.95. The van der Waals surface area contributed by atoms with E-state index in [0.717, 1.165) is 18.1 Å². The van der Waals surface area contributed by atoms with E-state index in [1.165, 1.54) is 19.1 Å². The second kappa shape index (κ2) is 5.40. The van der Waals surface area contributed by atoms with Crippen LogP contribution in [0.1, 0.15) is 19.6 Å². The summed E-state index contributed by atoms with van der Waals surface area (Å²) in [4.78, 5) is 8.23. The molecule has 2 aromatic heterocycles. The van der Waals surface area contributed by atoms with E-state index in [1.807, 2.05) is 24.5 Å². The Hall–Kier alpha value is -0.230. The van der Waals surface area contributed by atoms with E-state index >= 15 is 0 Å². The molecule has 0 aliphatic carbocycles. The first kappa shape index (κ1) is 12.2. The molecule has 0 fully saturated rings. The number of hydrogen-bond acceptors (Lipinski definition) is 4. The Morgan fingerprint density at radius 3 is 2.56 bits per heavy atom. The van der Waals surface area contributed by atoms with Gasteiger partial charge >= 0.3 is 0 Å². The second-order valence-electron chi connectivity index (χ2n) is 3.57. The van der Waals surface area contributed by atoms with Crippen LogP contribution in [0.2, 0.25) is 0 Å².